The van der Waals surface area contributed by atoms with Crippen molar-refractivity contribution in [3.05, 3.63) is 69.2 Å². The number of hydrogen-bond acceptors (Lipinski definition) is 4. The van der Waals surface area contributed by atoms with E-state index in [1.807, 2.05) is 0 Å². The second kappa shape index (κ2) is 3.90. The van der Waals surface area contributed by atoms with E-state index in [1.165, 1.54) is 0 Å². The van der Waals surface area contributed by atoms with Crippen LogP contribution in [0.5, 0.6) is 0 Å². The number of amides is 1. The standard InChI is InChI=1S/C17H12N2O3/c1-19(2)17(22)12-8-7-11-13(14(12)18-19)16(21)10-6-4-3-5-9(10)15(11)20/h3-8H,1-2H3. The third kappa shape index (κ3) is 1.43. The summed E-state index contributed by atoms with van der Waals surface area (Å²) in [6, 6.07) is 9.88. The van der Waals surface area contributed by atoms with Gasteiger partial charge in [0, 0.05) is 16.3 Å². The van der Waals surface area contributed by atoms with Gasteiger partial charge in [0.25, 0.3) is 0 Å². The summed E-state index contributed by atoms with van der Waals surface area (Å²) in [6.45, 7) is 0. The van der Waals surface area contributed by atoms with Gasteiger partial charge < -0.3 is 5.11 Å². The Kier molecular flexibility index (Phi) is 2.29. The molecule has 22 heavy (non-hydrogen) atoms. The fourth-order valence-electron chi connectivity index (χ4n) is 3.04. The Morgan fingerprint density at radius 1 is 0.909 bits per heavy atom. The van der Waals surface area contributed by atoms with Crippen LogP contribution in [0.1, 0.15) is 31.8 Å². The van der Waals surface area contributed by atoms with Gasteiger partial charge in [-0.2, -0.15) is 0 Å². The average molecular weight is 292 g/mol. The van der Waals surface area contributed by atoms with Gasteiger partial charge >= 0.3 is 5.91 Å². The lowest BCUT2D eigenvalue weighted by Crippen LogP contribution is -2.41. The smallest absolute Gasteiger partial charge is 0.373 e. The highest BCUT2D eigenvalue weighted by molar-refractivity contribution is 6.14. The molecule has 2 aromatic carbocycles. The van der Waals surface area contributed by atoms with Crippen LogP contribution in [-0.2, 0) is 0 Å². The molecule has 0 saturated heterocycles. The third-order valence-electron chi connectivity index (χ3n) is 4.14. The van der Waals surface area contributed by atoms with Crippen molar-refractivity contribution in [3.8, 4) is 0 Å². The number of carbonyl (C=O) groups is 2. The maximum Gasteiger partial charge on any atom is 0.373 e. The molecule has 0 spiro atoms. The molecule has 5 heteroatoms. The second-order valence-electron chi connectivity index (χ2n) is 5.89. The minimum absolute atomic E-state index is 0.183. The fraction of sp³-hybridized carbons (Fsp3) is 0.118. The minimum atomic E-state index is -0.250. The highest BCUT2D eigenvalue weighted by Gasteiger charge is 2.37. The lowest BCUT2D eigenvalue weighted by atomic mass is 9.89. The maximum absolute atomic E-state index is 12.8. The molecular weight excluding hydrogens is 280 g/mol. The van der Waals surface area contributed by atoms with Crippen molar-refractivity contribution in [1.29, 1.82) is 0 Å². The summed E-state index contributed by atoms with van der Waals surface area (Å²) >= 11 is 0. The van der Waals surface area contributed by atoms with Crippen LogP contribution in [0.15, 0.2) is 41.5 Å². The molecule has 0 bridgehead atoms. The van der Waals surface area contributed by atoms with Gasteiger partial charge in [-0.1, -0.05) is 35.1 Å². The zero-order valence-electron chi connectivity index (χ0n) is 12.1. The van der Waals surface area contributed by atoms with Crippen molar-refractivity contribution in [2.75, 3.05) is 14.1 Å². The SMILES string of the molecule is C[N+]1(C)N=c2c(ccc3c2=C([O-])c2ccccc2C3=O)C1=O. The van der Waals surface area contributed by atoms with Crippen LogP contribution in [0.4, 0.5) is 0 Å². The first-order chi connectivity index (χ1) is 10.4. The van der Waals surface area contributed by atoms with Gasteiger partial charge in [-0.25, -0.2) is 4.79 Å². The van der Waals surface area contributed by atoms with Gasteiger partial charge in [-0.15, -0.1) is 4.59 Å². The number of benzene rings is 2. The van der Waals surface area contributed by atoms with Crippen molar-refractivity contribution in [1.82, 2.24) is 0 Å². The van der Waals surface area contributed by atoms with E-state index in [9.17, 15) is 14.7 Å². The largest absolute Gasteiger partial charge is 0.872 e. The Morgan fingerprint density at radius 3 is 2.27 bits per heavy atom. The molecule has 5 nitrogen and oxygen atoms in total. The Balaban J connectivity index is 2.24. The van der Waals surface area contributed by atoms with Crippen molar-refractivity contribution in [3.63, 3.8) is 0 Å². The molecule has 108 valence electrons. The van der Waals surface area contributed by atoms with E-state index >= 15 is 0 Å². The zero-order valence-corrected chi connectivity index (χ0v) is 12.1. The van der Waals surface area contributed by atoms with Gasteiger partial charge in [0.15, 0.2) is 5.78 Å². The molecule has 0 radical (unpaired) electrons. The van der Waals surface area contributed by atoms with E-state index in [1.54, 1.807) is 50.5 Å². The summed E-state index contributed by atoms with van der Waals surface area (Å²) in [5.41, 5.74) is 1.48. The van der Waals surface area contributed by atoms with E-state index in [4.69, 9.17) is 0 Å². The number of carbonyl (C=O) groups excluding carboxylic acids is 2. The summed E-state index contributed by atoms with van der Waals surface area (Å²) in [5.74, 6) is -0.634. The molecule has 1 aliphatic heterocycles. The summed E-state index contributed by atoms with van der Waals surface area (Å²) in [7, 11) is 3.30. The number of nitrogens with zero attached hydrogens (tertiary/aromatic N) is 2. The van der Waals surface area contributed by atoms with E-state index < -0.39 is 0 Å². The van der Waals surface area contributed by atoms with Crippen molar-refractivity contribution < 1.29 is 19.3 Å². The topological polar surface area (TPSA) is 69.6 Å². The highest BCUT2D eigenvalue weighted by atomic mass is 16.3. The molecule has 0 saturated carbocycles. The van der Waals surface area contributed by atoms with Crippen LogP contribution in [0.3, 0.4) is 0 Å². The number of fused-ring (bicyclic) bond motifs is 4. The van der Waals surface area contributed by atoms with Crippen molar-refractivity contribution in [2.45, 2.75) is 0 Å². The van der Waals surface area contributed by atoms with Crippen molar-refractivity contribution >= 4 is 17.4 Å². The molecular formula is C17H12N2O3. The molecule has 1 aliphatic carbocycles. The van der Waals surface area contributed by atoms with Gasteiger partial charge in [0.1, 0.15) is 25.0 Å². The van der Waals surface area contributed by atoms with Crippen LogP contribution in [0.25, 0.3) is 5.76 Å². The van der Waals surface area contributed by atoms with E-state index in [0.717, 1.165) is 0 Å². The first kappa shape index (κ1) is 12.9. The van der Waals surface area contributed by atoms with Gasteiger partial charge in [-0.3, -0.25) is 4.79 Å². The second-order valence-corrected chi connectivity index (χ2v) is 5.89. The number of hydrogen-bond donors (Lipinski definition) is 0. The fourth-order valence-corrected chi connectivity index (χ4v) is 3.04. The molecule has 1 amide bonds. The number of rotatable bonds is 0. The first-order valence-corrected chi connectivity index (χ1v) is 6.89. The highest BCUT2D eigenvalue weighted by Crippen LogP contribution is 2.21. The molecule has 0 N–H and O–H groups in total. The van der Waals surface area contributed by atoms with Crippen LogP contribution in [0.2, 0.25) is 0 Å². The normalized spacial score (nSPS) is 17.6. The summed E-state index contributed by atoms with van der Waals surface area (Å²) < 4.78 is -0.200. The number of ketones is 1. The van der Waals surface area contributed by atoms with E-state index in [-0.39, 0.29) is 27.3 Å². The van der Waals surface area contributed by atoms with Crippen LogP contribution < -0.4 is 15.7 Å². The molecule has 0 fully saturated rings. The maximum atomic E-state index is 12.8. The quantitative estimate of drug-likeness (QED) is 0.615. The lowest BCUT2D eigenvalue weighted by Gasteiger charge is -2.22. The van der Waals surface area contributed by atoms with Crippen LogP contribution >= 0.6 is 0 Å². The lowest BCUT2D eigenvalue weighted by molar-refractivity contribution is -0.813. The van der Waals surface area contributed by atoms with Crippen LogP contribution in [0, 0.1) is 0 Å². The predicted octanol–water partition coefficient (Wildman–Crippen LogP) is -0.487. The first-order valence-electron chi connectivity index (χ1n) is 6.89. The minimum Gasteiger partial charge on any atom is -0.872 e. The Bertz CT molecular complexity index is 1000. The Labute approximate surface area is 126 Å². The van der Waals surface area contributed by atoms with Gasteiger partial charge in [0.2, 0.25) is 0 Å². The average Bonchev–Trinajstić information content (AvgIpc) is 2.74. The van der Waals surface area contributed by atoms with Gasteiger partial charge in [-0.05, 0) is 17.7 Å². The van der Waals surface area contributed by atoms with E-state index in [2.05, 4.69) is 5.10 Å². The molecule has 0 unspecified atom stereocenters. The molecule has 0 atom stereocenters. The van der Waals surface area contributed by atoms with Crippen molar-refractivity contribution in [2.24, 2.45) is 5.10 Å². The van der Waals surface area contributed by atoms with Crippen LogP contribution in [-0.4, -0.2) is 30.4 Å². The Morgan fingerprint density at radius 2 is 1.55 bits per heavy atom. The summed E-state index contributed by atoms with van der Waals surface area (Å²) in [5, 5.41) is 17.7. The molecule has 2 aromatic rings. The summed E-state index contributed by atoms with van der Waals surface area (Å²) in [6.07, 6.45) is 0. The van der Waals surface area contributed by atoms with E-state index in [0.29, 0.717) is 27.6 Å². The third-order valence-corrected chi connectivity index (χ3v) is 4.14. The van der Waals surface area contributed by atoms with Gasteiger partial charge in [0.05, 0.1) is 0 Å². The zero-order chi connectivity index (χ0) is 15.6. The molecule has 0 aromatic heterocycles. The predicted molar refractivity (Wildman–Crippen MR) is 76.0 cm³/mol. The monoisotopic (exact) mass is 292 g/mol. The molecule has 1 heterocycles. The molecule has 4 rings (SSSR count). The molecule has 2 aliphatic rings. The number of quaternary nitrogens is 1. The summed E-state index contributed by atoms with van der Waals surface area (Å²) in [4.78, 5) is 24.9. The Hall–Kier alpha value is -2.79.